The number of benzene rings is 1. The van der Waals surface area contributed by atoms with E-state index < -0.39 is 10.0 Å². The lowest BCUT2D eigenvalue weighted by Crippen LogP contribution is -2.51. The normalized spacial score (nSPS) is 16.5. The number of piperazine rings is 1. The number of sulfonamides is 1. The van der Waals surface area contributed by atoms with Gasteiger partial charge in [0.15, 0.2) is 0 Å². The zero-order chi connectivity index (χ0) is 18.4. The fraction of sp³-hybridized carbons (Fsp3) is 0.389. The third kappa shape index (κ3) is 5.38. The highest BCUT2D eigenvalue weighted by Gasteiger charge is 2.27. The van der Waals surface area contributed by atoms with Crippen molar-refractivity contribution in [1.29, 1.82) is 0 Å². The topological polar surface area (TPSA) is 69.7 Å². The van der Waals surface area contributed by atoms with Crippen LogP contribution in [0.25, 0.3) is 0 Å². The predicted molar refractivity (Wildman–Crippen MR) is 103 cm³/mol. The summed E-state index contributed by atoms with van der Waals surface area (Å²) in [7, 11) is -3.32. The van der Waals surface area contributed by atoms with Gasteiger partial charge in [0.2, 0.25) is 15.9 Å². The molecule has 1 aliphatic heterocycles. The molecule has 1 amide bonds. The van der Waals surface area contributed by atoms with Crippen LogP contribution in [-0.4, -0.2) is 56.3 Å². The molecule has 0 spiro atoms. The average molecular weight is 394 g/mol. The first kappa shape index (κ1) is 19.0. The van der Waals surface area contributed by atoms with Crippen LogP contribution in [0.15, 0.2) is 47.8 Å². The molecule has 1 saturated heterocycles. The Labute approximate surface area is 158 Å². The van der Waals surface area contributed by atoms with Crippen LogP contribution in [-0.2, 0) is 27.1 Å². The first-order valence-corrected chi connectivity index (χ1v) is 11.0. The van der Waals surface area contributed by atoms with Crippen molar-refractivity contribution >= 4 is 27.3 Å². The number of carbonyl (C=O) groups excluding carboxylic acids is 1. The van der Waals surface area contributed by atoms with Crippen molar-refractivity contribution in [1.82, 2.24) is 14.5 Å². The molecule has 1 aromatic heterocycles. The number of carbonyl (C=O) groups is 1. The number of nitrogens with one attached hydrogen (secondary N) is 1. The van der Waals surface area contributed by atoms with Crippen molar-refractivity contribution < 1.29 is 13.2 Å². The zero-order valence-corrected chi connectivity index (χ0v) is 16.1. The van der Waals surface area contributed by atoms with Crippen molar-refractivity contribution in [2.45, 2.75) is 12.3 Å². The summed E-state index contributed by atoms with van der Waals surface area (Å²) in [6.07, 6.45) is 0. The van der Waals surface area contributed by atoms with Crippen LogP contribution in [0.5, 0.6) is 0 Å². The van der Waals surface area contributed by atoms with E-state index in [2.05, 4.69) is 5.32 Å². The molecule has 1 N–H and O–H groups in total. The van der Waals surface area contributed by atoms with Gasteiger partial charge in [0.1, 0.15) is 0 Å². The molecule has 6 nitrogen and oxygen atoms in total. The smallest absolute Gasteiger partial charge is 0.234 e. The molecule has 1 fully saturated rings. The molecular weight excluding hydrogens is 370 g/mol. The zero-order valence-electron chi connectivity index (χ0n) is 14.5. The molecule has 140 valence electrons. The SMILES string of the molecule is O=C(CN1CCN(S(=O)(=O)Cc2ccccc2)CC1)NCc1cccs1. The number of thiophene rings is 1. The Hall–Kier alpha value is -1.74. The molecule has 1 aromatic carbocycles. The highest BCUT2D eigenvalue weighted by Crippen LogP contribution is 2.13. The molecule has 8 heteroatoms. The molecule has 0 aliphatic carbocycles. The quantitative estimate of drug-likeness (QED) is 0.774. The standard InChI is InChI=1S/C18H23N3O3S2/c22-18(19-13-17-7-4-12-25-17)14-20-8-10-21(11-9-20)26(23,24)15-16-5-2-1-3-6-16/h1-7,12H,8-11,13-15H2,(H,19,22). The van der Waals surface area contributed by atoms with Crippen molar-refractivity contribution in [3.63, 3.8) is 0 Å². The molecule has 0 atom stereocenters. The summed E-state index contributed by atoms with van der Waals surface area (Å²) in [5, 5.41) is 4.89. The highest BCUT2D eigenvalue weighted by molar-refractivity contribution is 7.88. The Morgan fingerprint density at radius 3 is 2.42 bits per heavy atom. The van der Waals surface area contributed by atoms with Crippen molar-refractivity contribution in [2.75, 3.05) is 32.7 Å². The van der Waals surface area contributed by atoms with E-state index in [1.165, 1.54) is 4.31 Å². The molecule has 0 unspecified atom stereocenters. The first-order valence-electron chi connectivity index (χ1n) is 8.56. The van der Waals surface area contributed by atoms with Crippen LogP contribution < -0.4 is 5.32 Å². The molecule has 26 heavy (non-hydrogen) atoms. The van der Waals surface area contributed by atoms with Crippen LogP contribution in [0.2, 0.25) is 0 Å². The second kappa shape index (κ2) is 8.77. The lowest BCUT2D eigenvalue weighted by atomic mass is 10.2. The van der Waals surface area contributed by atoms with E-state index in [-0.39, 0.29) is 11.7 Å². The highest BCUT2D eigenvalue weighted by atomic mass is 32.2. The van der Waals surface area contributed by atoms with Gasteiger partial charge in [-0.2, -0.15) is 4.31 Å². The molecule has 3 rings (SSSR count). The Kier molecular flexibility index (Phi) is 6.42. The van der Waals surface area contributed by atoms with Gasteiger partial charge >= 0.3 is 0 Å². The molecule has 2 heterocycles. The second-order valence-electron chi connectivity index (χ2n) is 6.27. The van der Waals surface area contributed by atoms with Crippen molar-refractivity contribution in [2.24, 2.45) is 0 Å². The number of nitrogens with zero attached hydrogens (tertiary/aromatic N) is 2. The van der Waals surface area contributed by atoms with E-state index in [1.807, 2.05) is 52.7 Å². The first-order chi connectivity index (χ1) is 12.5. The summed E-state index contributed by atoms with van der Waals surface area (Å²) in [6.45, 7) is 2.83. The van der Waals surface area contributed by atoms with Gasteiger partial charge in [0.25, 0.3) is 0 Å². The van der Waals surface area contributed by atoms with Gasteiger partial charge in [0, 0.05) is 31.1 Å². The minimum atomic E-state index is -3.32. The third-order valence-electron chi connectivity index (χ3n) is 4.32. The van der Waals surface area contributed by atoms with E-state index in [0.29, 0.717) is 39.3 Å². The van der Waals surface area contributed by atoms with Crippen LogP contribution in [0.3, 0.4) is 0 Å². The van der Waals surface area contributed by atoms with E-state index in [0.717, 1.165) is 10.4 Å². The Bertz CT molecular complexity index is 799. The second-order valence-corrected chi connectivity index (χ2v) is 9.27. The summed E-state index contributed by atoms with van der Waals surface area (Å²) in [4.78, 5) is 15.2. The number of amides is 1. The van der Waals surface area contributed by atoms with Crippen molar-refractivity contribution in [3.05, 3.63) is 58.3 Å². The monoisotopic (exact) mass is 393 g/mol. The van der Waals surface area contributed by atoms with Gasteiger partial charge in [0.05, 0.1) is 18.8 Å². The van der Waals surface area contributed by atoms with Gasteiger partial charge < -0.3 is 5.32 Å². The molecule has 0 radical (unpaired) electrons. The van der Waals surface area contributed by atoms with Gasteiger partial charge in [-0.3, -0.25) is 9.69 Å². The van der Waals surface area contributed by atoms with E-state index in [1.54, 1.807) is 11.3 Å². The fourth-order valence-electron chi connectivity index (χ4n) is 2.90. The summed E-state index contributed by atoms with van der Waals surface area (Å²) in [5.74, 6) is -0.00575. The van der Waals surface area contributed by atoms with Gasteiger partial charge in [-0.05, 0) is 17.0 Å². The van der Waals surface area contributed by atoms with Crippen molar-refractivity contribution in [3.8, 4) is 0 Å². The minimum absolute atomic E-state index is 0.0230. The van der Waals surface area contributed by atoms with E-state index in [9.17, 15) is 13.2 Å². The van der Waals surface area contributed by atoms with E-state index >= 15 is 0 Å². The summed E-state index contributed by atoms with van der Waals surface area (Å²) >= 11 is 1.61. The maximum Gasteiger partial charge on any atom is 0.234 e. The van der Waals surface area contributed by atoms with Crippen LogP contribution in [0.1, 0.15) is 10.4 Å². The summed E-state index contributed by atoms with van der Waals surface area (Å²) in [5.41, 5.74) is 0.794. The van der Waals surface area contributed by atoms with E-state index in [4.69, 9.17) is 0 Å². The largest absolute Gasteiger partial charge is 0.350 e. The van der Waals surface area contributed by atoms with Gasteiger partial charge in [-0.15, -0.1) is 11.3 Å². The molecule has 1 aliphatic rings. The molecule has 2 aromatic rings. The third-order valence-corrected chi connectivity index (χ3v) is 7.05. The fourth-order valence-corrected chi connectivity index (χ4v) is 5.06. The Morgan fingerprint density at radius 2 is 1.77 bits per heavy atom. The Balaban J connectivity index is 1.44. The molecular formula is C18H23N3O3S2. The lowest BCUT2D eigenvalue weighted by Gasteiger charge is -2.33. The van der Waals surface area contributed by atoms with Crippen LogP contribution in [0.4, 0.5) is 0 Å². The summed E-state index contributed by atoms with van der Waals surface area (Å²) in [6, 6.07) is 13.2. The Morgan fingerprint density at radius 1 is 1.04 bits per heavy atom. The van der Waals surface area contributed by atoms with Crippen LogP contribution in [0, 0.1) is 0 Å². The van der Waals surface area contributed by atoms with Gasteiger partial charge in [-0.1, -0.05) is 36.4 Å². The minimum Gasteiger partial charge on any atom is -0.350 e. The molecule has 0 bridgehead atoms. The maximum absolute atomic E-state index is 12.5. The van der Waals surface area contributed by atoms with Gasteiger partial charge in [-0.25, -0.2) is 8.42 Å². The number of hydrogen-bond donors (Lipinski definition) is 1. The molecule has 0 saturated carbocycles. The average Bonchev–Trinajstić information content (AvgIpc) is 3.14. The van der Waals surface area contributed by atoms with Crippen LogP contribution >= 0.6 is 11.3 Å². The predicted octanol–water partition coefficient (Wildman–Crippen LogP) is 1.51. The number of rotatable bonds is 7. The lowest BCUT2D eigenvalue weighted by molar-refractivity contribution is -0.122. The number of hydrogen-bond acceptors (Lipinski definition) is 5. The summed E-state index contributed by atoms with van der Waals surface area (Å²) < 4.78 is 26.6. The maximum atomic E-state index is 12.5.